The smallest absolute Gasteiger partial charge is 0.204 e. The first-order valence-corrected chi connectivity index (χ1v) is 39.0. The zero-order valence-electron chi connectivity index (χ0n) is 65.4. The number of hydrogen-bond acceptors (Lipinski definition) is 16. The van der Waals surface area contributed by atoms with Crippen LogP contribution < -0.4 is 9.47 Å². The fourth-order valence-electron chi connectivity index (χ4n) is 16.0. The molecule has 624 valence electrons. The molecule has 4 aliphatic heterocycles. The molecule has 0 fully saturated rings. The molecule has 18 rings (SSSR count). The van der Waals surface area contributed by atoms with Crippen LogP contribution in [0.15, 0.2) is 194 Å². The second kappa shape index (κ2) is 33.5. The molecular formula is C96H72F8N8O12. The summed E-state index contributed by atoms with van der Waals surface area (Å²) < 4.78 is 140. The fourth-order valence-corrected chi connectivity index (χ4v) is 16.0. The standard InChI is InChI=1S/C48H36F4N4O7.C48H36F4N4O5/c1-22-5-2-6-23(17-22)37-33-15-13-31(54-33)35(24-7-3-9-26(58)18-24)29-11-12-30(53-29)36(25-8-4-10-27(59)19-25)32-14-16-34(55-32)38(45-47(62)46(61)44(37)56-45)39-40(49)42(51)48(43(52)41(39)50)63-21-28(60)20-57;1-24-5-2-6-25(19-24)39-31-11-12-33(53-31)40(26-7-3-9-28(58)20-26)34-13-14-35(54-34)41(27-8-4-10-29(59)21-27)36-16-18-38(56-36)42(37-17-15-32(39)55-37)43-44(49)46(51)48(47(52)45(43)50)61-23-30(60)22-57/h2-19,28,46-47,54-55,57-62H,20-21H2,1H3;2-14,16,18-21,30,53,56-60H,15,17,22-23H2,1H3/t28?,46-,47-;/m1./s1. The van der Waals surface area contributed by atoms with Crippen LogP contribution in [0.25, 0.3) is 157 Å². The van der Waals surface area contributed by atoms with E-state index in [0.29, 0.717) is 112 Å². The molecule has 20 nitrogen and oxygen atoms in total. The highest BCUT2D eigenvalue weighted by atomic mass is 19.2. The summed E-state index contributed by atoms with van der Waals surface area (Å²) in [4.78, 5) is 33.1. The molecule has 28 heteroatoms. The number of aliphatic hydroxyl groups is 6. The minimum atomic E-state index is -2.03. The number of aliphatic hydroxyl groups excluding tert-OH is 6. The average Bonchev–Trinajstić information content (AvgIpc) is 1.53. The number of phenolic OH excluding ortho intramolecular Hbond substituents is 4. The van der Waals surface area contributed by atoms with Gasteiger partial charge in [-0.2, -0.15) is 17.6 Å². The SMILES string of the molecule is Cc1cccc(-c2c3nc(c(-c4c(F)c(F)c(OCC(O)CO)c(F)c4F)c4ccc([nH]4)c(-c4cccc(O)c4)c4nc(c(-c5cccc(O)c5)c5ccc2[nH]5)C=C4)CC3)c1.Cc1cccc(-c2c3nc(c(-c4c(F)c(F)c(OCC(O)CO)c(F)c4F)c4ccc([nH]4)c(-c4cccc(O)c4)c4nc(c(-c5cccc(O)c5)c5ccc2[nH]5)C=C4)[C@@H](O)[C@@H]3O)c1. The van der Waals surface area contributed by atoms with Gasteiger partial charge in [-0.3, -0.25) is 9.97 Å². The Kier molecular flexibility index (Phi) is 22.1. The Labute approximate surface area is 698 Å². The van der Waals surface area contributed by atoms with Gasteiger partial charge < -0.3 is 80.5 Å². The highest BCUT2D eigenvalue weighted by Crippen LogP contribution is 2.49. The Morgan fingerprint density at radius 2 is 0.597 bits per heavy atom. The van der Waals surface area contributed by atoms with Crippen molar-refractivity contribution in [3.8, 4) is 124 Å². The van der Waals surface area contributed by atoms with E-state index in [9.17, 15) is 51.1 Å². The first kappa shape index (κ1) is 81.8. The molecule has 8 aromatic carbocycles. The van der Waals surface area contributed by atoms with Gasteiger partial charge in [-0.1, -0.05) is 108 Å². The molecule has 2 unspecified atom stereocenters. The lowest BCUT2D eigenvalue weighted by Gasteiger charge is -2.16. The molecule has 0 radical (unpaired) electrons. The number of aromatic amines is 4. The lowest BCUT2D eigenvalue weighted by molar-refractivity contribution is 0.0259. The maximum atomic E-state index is 16.6. The number of fused-ring (bicyclic) bond motifs is 16. The molecule has 0 amide bonds. The van der Waals surface area contributed by atoms with Crippen molar-refractivity contribution in [3.63, 3.8) is 0 Å². The average molecular weight is 1680 g/mol. The van der Waals surface area contributed by atoms with Crippen molar-refractivity contribution < 1.29 is 95.7 Å². The van der Waals surface area contributed by atoms with Gasteiger partial charge in [0.1, 0.15) is 60.6 Å². The summed E-state index contributed by atoms with van der Waals surface area (Å²) in [5.74, 6) is -18.0. The van der Waals surface area contributed by atoms with E-state index in [2.05, 4.69) is 24.9 Å². The minimum Gasteiger partial charge on any atom is -0.508 e. The summed E-state index contributed by atoms with van der Waals surface area (Å²) in [6.07, 6.45) is 0.363. The van der Waals surface area contributed by atoms with Crippen LogP contribution in [0.4, 0.5) is 35.1 Å². The molecule has 10 heterocycles. The summed E-state index contributed by atoms with van der Waals surface area (Å²) in [6, 6.07) is 54.2. The van der Waals surface area contributed by atoms with Crippen LogP contribution in [0.1, 0.15) is 68.9 Å². The maximum absolute atomic E-state index is 16.6. The lowest BCUT2D eigenvalue weighted by atomic mass is 9.96. The molecule has 4 aliphatic rings. The van der Waals surface area contributed by atoms with Crippen molar-refractivity contribution in [1.29, 1.82) is 0 Å². The second-order valence-corrected chi connectivity index (χ2v) is 30.0. The number of benzene rings is 8. The third-order valence-electron chi connectivity index (χ3n) is 21.6. The number of H-pyrrole nitrogens is 4. The normalized spacial score (nSPS) is 14.0. The number of aryl methyl sites for hydroxylation is 4. The Bertz CT molecular complexity index is 7070. The monoisotopic (exact) mass is 1680 g/mol. The number of halogens is 8. The van der Waals surface area contributed by atoms with Crippen molar-refractivity contribution in [2.24, 2.45) is 0 Å². The topological polar surface area (TPSA) is 335 Å². The highest BCUT2D eigenvalue weighted by molar-refractivity contribution is 6.01. The molecule has 0 aliphatic carbocycles. The van der Waals surface area contributed by atoms with Crippen molar-refractivity contribution in [2.45, 2.75) is 51.1 Å². The van der Waals surface area contributed by atoms with Crippen LogP contribution in [-0.2, 0) is 12.8 Å². The zero-order valence-corrected chi connectivity index (χ0v) is 65.4. The minimum absolute atomic E-state index is 0.00789. The molecule has 0 saturated carbocycles. The summed E-state index contributed by atoms with van der Waals surface area (Å²) in [7, 11) is 0. The van der Waals surface area contributed by atoms with Gasteiger partial charge in [0.15, 0.2) is 34.8 Å². The first-order valence-electron chi connectivity index (χ1n) is 39.0. The maximum Gasteiger partial charge on any atom is 0.204 e. The summed E-state index contributed by atoms with van der Waals surface area (Å²) in [5, 5.41) is 104. The van der Waals surface area contributed by atoms with Gasteiger partial charge in [-0.05, 0) is 181 Å². The number of hydrogen-bond donors (Lipinski definition) is 14. The third-order valence-corrected chi connectivity index (χ3v) is 21.6. The van der Waals surface area contributed by atoms with E-state index in [-0.39, 0.29) is 74.9 Å². The molecule has 6 aromatic heterocycles. The quantitative estimate of drug-likeness (QED) is 0.0316. The second-order valence-electron chi connectivity index (χ2n) is 30.0. The van der Waals surface area contributed by atoms with Gasteiger partial charge in [0.25, 0.3) is 0 Å². The summed E-state index contributed by atoms with van der Waals surface area (Å²) in [5.41, 5.74) is 9.42. The third kappa shape index (κ3) is 15.3. The zero-order chi connectivity index (χ0) is 86.8. The van der Waals surface area contributed by atoms with Gasteiger partial charge in [0.05, 0.1) is 69.9 Å². The predicted octanol–water partition coefficient (Wildman–Crippen LogP) is 18.9. The fraction of sp³-hybridized carbons (Fsp3) is 0.125. The number of rotatable bonds is 16. The Morgan fingerprint density at radius 1 is 0.323 bits per heavy atom. The van der Waals surface area contributed by atoms with Gasteiger partial charge in [0.2, 0.25) is 23.3 Å². The highest BCUT2D eigenvalue weighted by Gasteiger charge is 2.39. The number of ether oxygens (including phenoxy) is 2. The molecule has 0 spiro atoms. The number of nitrogens with zero attached hydrogens (tertiary/aromatic N) is 4. The van der Waals surface area contributed by atoms with Crippen molar-refractivity contribution in [2.75, 3.05) is 26.4 Å². The summed E-state index contributed by atoms with van der Waals surface area (Å²) in [6.45, 7) is 0.358. The van der Waals surface area contributed by atoms with Crippen LogP contribution in [0.5, 0.6) is 34.5 Å². The lowest BCUT2D eigenvalue weighted by Crippen LogP contribution is -2.22. The van der Waals surface area contributed by atoms with Gasteiger partial charge in [-0.15, -0.1) is 0 Å². The first-order chi connectivity index (χ1) is 59.8. The molecule has 16 bridgehead atoms. The number of aromatic nitrogens is 8. The number of phenols is 4. The Morgan fingerprint density at radius 3 is 0.927 bits per heavy atom. The molecular weight excluding hydrogens is 1610 g/mol. The van der Waals surface area contributed by atoms with E-state index < -0.39 is 131 Å². The molecule has 4 atom stereocenters. The van der Waals surface area contributed by atoms with E-state index in [1.807, 2.05) is 68.5 Å². The van der Waals surface area contributed by atoms with E-state index in [1.165, 1.54) is 48.5 Å². The molecule has 0 saturated heterocycles. The van der Waals surface area contributed by atoms with Crippen LogP contribution in [0.2, 0.25) is 0 Å². The van der Waals surface area contributed by atoms with Gasteiger partial charge in [0, 0.05) is 88.6 Å². The van der Waals surface area contributed by atoms with Crippen molar-refractivity contribution in [1.82, 2.24) is 39.9 Å². The van der Waals surface area contributed by atoms with E-state index >= 15 is 35.1 Å². The van der Waals surface area contributed by atoms with Crippen LogP contribution in [0, 0.1) is 60.4 Å². The van der Waals surface area contributed by atoms with E-state index in [1.54, 1.807) is 115 Å². The number of aromatic hydroxyl groups is 4. The Balaban J connectivity index is 0.000000176. The summed E-state index contributed by atoms with van der Waals surface area (Å²) >= 11 is 0. The van der Waals surface area contributed by atoms with Crippen LogP contribution >= 0.6 is 0 Å². The number of nitrogens with one attached hydrogen (secondary N) is 4. The van der Waals surface area contributed by atoms with Gasteiger partial charge in [-0.25, -0.2) is 27.5 Å². The molecule has 14 aromatic rings. The van der Waals surface area contributed by atoms with E-state index in [0.717, 1.165) is 16.7 Å². The predicted molar refractivity (Wildman–Crippen MR) is 454 cm³/mol. The van der Waals surface area contributed by atoms with Crippen LogP contribution in [-0.4, -0.2) is 130 Å². The van der Waals surface area contributed by atoms with Crippen molar-refractivity contribution >= 4 is 68.4 Å². The van der Waals surface area contributed by atoms with Crippen LogP contribution in [0.3, 0.4) is 0 Å². The van der Waals surface area contributed by atoms with Gasteiger partial charge >= 0.3 is 0 Å². The molecule has 124 heavy (non-hydrogen) atoms. The van der Waals surface area contributed by atoms with E-state index in [4.69, 9.17) is 24.4 Å². The largest absolute Gasteiger partial charge is 0.508 e. The molecule has 14 N–H and O–H groups in total. The van der Waals surface area contributed by atoms with Crippen molar-refractivity contribution in [3.05, 3.63) is 297 Å². The Hall–Kier alpha value is -14.5.